The van der Waals surface area contributed by atoms with Gasteiger partial charge in [-0.1, -0.05) is 158 Å². The fourth-order valence-corrected chi connectivity index (χ4v) is 8.08. The lowest BCUT2D eigenvalue weighted by molar-refractivity contribution is 0.673. The van der Waals surface area contributed by atoms with Gasteiger partial charge < -0.3 is 4.42 Å². The summed E-state index contributed by atoms with van der Waals surface area (Å²) in [6.45, 7) is 0. The fraction of sp³-hybridized carbons (Fsp3) is 0. The van der Waals surface area contributed by atoms with Gasteiger partial charge in [0.2, 0.25) is 0 Å². The first-order valence-electron chi connectivity index (χ1n) is 20.9. The summed E-state index contributed by atoms with van der Waals surface area (Å²) < 4.78 is 80.5. The van der Waals surface area contributed by atoms with Gasteiger partial charge in [0.05, 0.1) is 11.0 Å². The molecule has 11 rings (SSSR count). The van der Waals surface area contributed by atoms with Crippen LogP contribution in [0.4, 0.5) is 0 Å². The molecule has 0 aliphatic carbocycles. The van der Waals surface area contributed by atoms with Crippen LogP contribution in [-0.4, -0.2) is 0 Å². The van der Waals surface area contributed by atoms with Crippen LogP contribution < -0.4 is 0 Å². The quantitative estimate of drug-likeness (QED) is 0.173. The van der Waals surface area contributed by atoms with Crippen LogP contribution >= 0.6 is 0 Å². The van der Waals surface area contributed by atoms with Crippen LogP contribution in [0.25, 0.3) is 109 Å². The number of hydrogen-bond donors (Lipinski definition) is 0. The summed E-state index contributed by atoms with van der Waals surface area (Å²) in [6.07, 6.45) is 0. The molecule has 0 spiro atoms. The SMILES string of the molecule is [2H]c1c([2H])c([2H])c2c(-c3cccc4ccccc34)c3c([2H])c([2H])c([2H])c([2H])c3c(-c3cc(-c4cccc5oc6c7ccccc7ccc6c45)c4ccccc4c3)c2c1[2H]. The van der Waals surface area contributed by atoms with Crippen molar-refractivity contribution in [3.05, 3.63) is 182 Å². The highest BCUT2D eigenvalue weighted by Crippen LogP contribution is 2.48. The normalized spacial score (nSPS) is 14.1. The molecule has 0 bridgehead atoms. The van der Waals surface area contributed by atoms with Crippen LogP contribution in [0.2, 0.25) is 0 Å². The molecule has 51 heavy (non-hydrogen) atoms. The highest BCUT2D eigenvalue weighted by Gasteiger charge is 2.21. The second-order valence-electron chi connectivity index (χ2n) is 13.0. The van der Waals surface area contributed by atoms with Crippen LogP contribution in [0.5, 0.6) is 0 Å². The van der Waals surface area contributed by atoms with Crippen molar-refractivity contribution in [3.8, 4) is 33.4 Å². The second-order valence-corrected chi connectivity index (χ2v) is 13.0. The minimum absolute atomic E-state index is 0.177. The summed E-state index contributed by atoms with van der Waals surface area (Å²) >= 11 is 0. The van der Waals surface area contributed by atoms with Crippen molar-refractivity contribution in [2.24, 2.45) is 0 Å². The first-order chi connectivity index (χ1) is 28.6. The lowest BCUT2D eigenvalue weighted by atomic mass is 9.83. The number of fused-ring (bicyclic) bond motifs is 9. The Kier molecular flexibility index (Phi) is 4.57. The van der Waals surface area contributed by atoms with Gasteiger partial charge in [-0.15, -0.1) is 0 Å². The molecule has 236 valence electrons. The van der Waals surface area contributed by atoms with Crippen LogP contribution in [0.15, 0.2) is 186 Å². The Hall–Kier alpha value is -6.70. The van der Waals surface area contributed by atoms with E-state index in [4.69, 9.17) is 9.90 Å². The molecule has 0 unspecified atom stereocenters. The zero-order valence-electron chi connectivity index (χ0n) is 35.1. The van der Waals surface area contributed by atoms with E-state index < -0.39 is 24.2 Å². The smallest absolute Gasteiger partial charge is 0.143 e. The van der Waals surface area contributed by atoms with Gasteiger partial charge in [-0.3, -0.25) is 0 Å². The summed E-state index contributed by atoms with van der Waals surface area (Å²) in [5, 5.41) is 8.09. The van der Waals surface area contributed by atoms with E-state index in [0.29, 0.717) is 27.8 Å². The van der Waals surface area contributed by atoms with E-state index in [1.807, 2.05) is 103 Å². The Balaban J connectivity index is 1.35. The van der Waals surface area contributed by atoms with Crippen LogP contribution in [-0.2, 0) is 0 Å². The van der Waals surface area contributed by atoms with Crippen molar-refractivity contribution in [1.82, 2.24) is 0 Å². The molecule has 10 aromatic carbocycles. The van der Waals surface area contributed by atoms with Crippen LogP contribution in [0.1, 0.15) is 11.0 Å². The summed E-state index contributed by atoms with van der Waals surface area (Å²) in [5.41, 5.74) is 4.99. The van der Waals surface area contributed by atoms with E-state index >= 15 is 0 Å². The summed E-state index contributed by atoms with van der Waals surface area (Å²) in [7, 11) is 0. The monoisotopic (exact) mass is 654 g/mol. The van der Waals surface area contributed by atoms with Crippen molar-refractivity contribution >= 4 is 75.8 Å². The van der Waals surface area contributed by atoms with E-state index in [1.54, 1.807) is 0 Å². The maximum Gasteiger partial charge on any atom is 0.143 e. The van der Waals surface area contributed by atoms with Crippen molar-refractivity contribution in [1.29, 1.82) is 0 Å². The Labute approximate surface area is 305 Å². The van der Waals surface area contributed by atoms with Gasteiger partial charge in [-0.2, -0.15) is 0 Å². The summed E-state index contributed by atoms with van der Waals surface area (Å²) in [6, 6.07) is 40.6. The fourth-order valence-electron chi connectivity index (χ4n) is 8.08. The molecule has 11 aromatic rings. The molecule has 0 saturated carbocycles. The molecular formula is C50H30O. The van der Waals surface area contributed by atoms with Crippen molar-refractivity contribution in [2.75, 3.05) is 0 Å². The van der Waals surface area contributed by atoms with E-state index in [1.165, 1.54) is 0 Å². The van der Waals surface area contributed by atoms with E-state index in [2.05, 4.69) is 30.3 Å². The Morgan fingerprint density at radius 1 is 0.373 bits per heavy atom. The number of rotatable bonds is 3. The molecule has 0 amide bonds. The Morgan fingerprint density at radius 2 is 0.922 bits per heavy atom. The molecule has 1 aromatic heterocycles. The molecule has 1 nitrogen and oxygen atoms in total. The van der Waals surface area contributed by atoms with Gasteiger partial charge in [-0.25, -0.2) is 0 Å². The Morgan fingerprint density at radius 3 is 1.65 bits per heavy atom. The third-order valence-corrected chi connectivity index (χ3v) is 10.3. The molecule has 0 radical (unpaired) electrons. The number of benzene rings is 10. The molecular weight excluding hydrogens is 617 g/mol. The topological polar surface area (TPSA) is 13.1 Å². The largest absolute Gasteiger partial charge is 0.455 e. The third kappa shape index (κ3) is 4.16. The number of hydrogen-bond acceptors (Lipinski definition) is 1. The summed E-state index contributed by atoms with van der Waals surface area (Å²) in [4.78, 5) is 0. The van der Waals surface area contributed by atoms with Crippen molar-refractivity contribution < 1.29 is 15.4 Å². The Bertz CT molecular complexity index is 3580. The van der Waals surface area contributed by atoms with Gasteiger partial charge in [0.25, 0.3) is 0 Å². The molecule has 0 aliphatic heterocycles. The van der Waals surface area contributed by atoms with E-state index in [-0.39, 0.29) is 45.7 Å². The molecule has 1 heterocycles. The van der Waals surface area contributed by atoms with E-state index in [0.717, 1.165) is 59.8 Å². The second kappa shape index (κ2) is 10.9. The minimum atomic E-state index is -0.435. The molecule has 0 atom stereocenters. The highest BCUT2D eigenvalue weighted by atomic mass is 16.3. The minimum Gasteiger partial charge on any atom is -0.455 e. The van der Waals surface area contributed by atoms with Crippen LogP contribution in [0.3, 0.4) is 0 Å². The average Bonchev–Trinajstić information content (AvgIpc) is 3.67. The lowest BCUT2D eigenvalue weighted by Crippen LogP contribution is -1.92. The maximum absolute atomic E-state index is 9.56. The van der Waals surface area contributed by atoms with E-state index in [9.17, 15) is 5.48 Å². The molecule has 0 saturated heterocycles. The third-order valence-electron chi connectivity index (χ3n) is 10.3. The first-order valence-corrected chi connectivity index (χ1v) is 16.9. The molecule has 0 aliphatic rings. The molecule has 0 fully saturated rings. The maximum atomic E-state index is 9.56. The van der Waals surface area contributed by atoms with Gasteiger partial charge in [0.15, 0.2) is 0 Å². The van der Waals surface area contributed by atoms with Crippen molar-refractivity contribution in [3.63, 3.8) is 0 Å². The predicted octanol–water partition coefficient (Wildman–Crippen LogP) is 14.4. The van der Waals surface area contributed by atoms with Gasteiger partial charge >= 0.3 is 0 Å². The van der Waals surface area contributed by atoms with Gasteiger partial charge in [-0.05, 0) is 106 Å². The predicted molar refractivity (Wildman–Crippen MR) is 218 cm³/mol. The molecule has 1 heteroatoms. The first kappa shape index (κ1) is 21.4. The zero-order valence-corrected chi connectivity index (χ0v) is 27.1. The number of furan rings is 1. The standard InChI is InChI=1S/C50H30O/c1-4-17-35-31(13-1)16-11-24-38(35)48-41-22-9-7-20-39(41)47(40-21-8-10-23-42(40)48)34-29-33-15-3-5-18-36(33)45(30-34)43-25-12-26-46-49(43)44-28-27-32-14-2-6-19-37(32)50(44)51-46/h1-30H/i7D,8D,9D,10D,20D,21D,22D,23D. The van der Waals surface area contributed by atoms with Crippen molar-refractivity contribution in [2.45, 2.75) is 0 Å². The zero-order chi connectivity index (χ0) is 40.4. The lowest BCUT2D eigenvalue weighted by Gasteiger charge is -2.20. The molecule has 0 N–H and O–H groups in total. The van der Waals surface area contributed by atoms with Gasteiger partial charge in [0, 0.05) is 16.2 Å². The highest BCUT2D eigenvalue weighted by molar-refractivity contribution is 6.25. The van der Waals surface area contributed by atoms with Crippen LogP contribution in [0, 0.1) is 0 Å². The van der Waals surface area contributed by atoms with Gasteiger partial charge in [0.1, 0.15) is 11.2 Å². The average molecular weight is 655 g/mol. The summed E-state index contributed by atoms with van der Waals surface area (Å²) in [5.74, 6) is 0.